The summed E-state index contributed by atoms with van der Waals surface area (Å²) in [5, 5.41) is 8.75. The first-order chi connectivity index (χ1) is 7.32. The van der Waals surface area contributed by atoms with Gasteiger partial charge in [-0.05, 0) is 19.3 Å². The highest BCUT2D eigenvalue weighted by molar-refractivity contribution is 7.87. The van der Waals surface area contributed by atoms with Crippen LogP contribution in [-0.4, -0.2) is 30.6 Å². The first-order valence-corrected chi connectivity index (χ1v) is 5.98. The van der Waals surface area contributed by atoms with Crippen LogP contribution in [0.1, 0.15) is 27.2 Å². The minimum atomic E-state index is -5.93. The van der Waals surface area contributed by atoms with Crippen LogP contribution in [0, 0.1) is 5.92 Å². The zero-order chi connectivity index (χ0) is 14.1. The van der Waals surface area contributed by atoms with E-state index in [4.69, 9.17) is 5.11 Å². The van der Waals surface area contributed by atoms with E-state index in [2.05, 4.69) is 4.18 Å². The third-order valence-electron chi connectivity index (χ3n) is 1.83. The van der Waals surface area contributed by atoms with Crippen molar-refractivity contribution in [2.45, 2.75) is 38.3 Å². The molecule has 5 nitrogen and oxygen atoms in total. The van der Waals surface area contributed by atoms with E-state index in [1.54, 1.807) is 0 Å². The van der Waals surface area contributed by atoms with E-state index in [-0.39, 0.29) is 12.3 Å². The SMILES string of the molecule is CC(C)C[C@@](C)(OS(=O)(=O)C(F)(F)F)C(=O)O. The second-order valence-corrected chi connectivity index (χ2v) is 5.66. The maximum Gasteiger partial charge on any atom is 0.523 e. The number of halogens is 3. The summed E-state index contributed by atoms with van der Waals surface area (Å²) < 4.78 is 61.5. The Balaban J connectivity index is 5.23. The molecule has 0 amide bonds. The number of carboxylic acid groups (broad SMARTS) is 1. The van der Waals surface area contributed by atoms with Gasteiger partial charge >= 0.3 is 21.6 Å². The molecule has 0 rings (SSSR count). The first kappa shape index (κ1) is 16.2. The molecule has 0 spiro atoms. The summed E-state index contributed by atoms with van der Waals surface area (Å²) in [4.78, 5) is 10.8. The fraction of sp³-hybridized carbons (Fsp3) is 0.875. The number of carbonyl (C=O) groups is 1. The highest BCUT2D eigenvalue weighted by atomic mass is 32.2. The van der Waals surface area contributed by atoms with Crippen LogP contribution in [0.3, 0.4) is 0 Å². The molecule has 9 heteroatoms. The van der Waals surface area contributed by atoms with Gasteiger partial charge in [-0.3, -0.25) is 0 Å². The molecule has 0 aliphatic rings. The van der Waals surface area contributed by atoms with Gasteiger partial charge in [0.2, 0.25) is 0 Å². The summed E-state index contributed by atoms with van der Waals surface area (Å²) >= 11 is 0. The van der Waals surface area contributed by atoms with Crippen LogP contribution in [0.4, 0.5) is 13.2 Å². The molecule has 0 fully saturated rings. The van der Waals surface area contributed by atoms with Gasteiger partial charge in [-0.25, -0.2) is 8.98 Å². The van der Waals surface area contributed by atoms with E-state index in [0.717, 1.165) is 6.92 Å². The monoisotopic (exact) mass is 278 g/mol. The number of alkyl halides is 3. The summed E-state index contributed by atoms with van der Waals surface area (Å²) in [7, 11) is -5.93. The average Bonchev–Trinajstić information content (AvgIpc) is 1.97. The Kier molecular flexibility index (Phi) is 4.57. The molecule has 102 valence electrons. The summed E-state index contributed by atoms with van der Waals surface area (Å²) in [5.74, 6) is -2.11. The number of aliphatic carboxylic acids is 1. The summed E-state index contributed by atoms with van der Waals surface area (Å²) in [5.41, 5.74) is -8.07. The van der Waals surface area contributed by atoms with Gasteiger partial charge in [-0.1, -0.05) is 13.8 Å². The van der Waals surface area contributed by atoms with Crippen molar-refractivity contribution < 1.29 is 35.7 Å². The third kappa shape index (κ3) is 4.15. The van der Waals surface area contributed by atoms with Crippen LogP contribution >= 0.6 is 0 Å². The van der Waals surface area contributed by atoms with E-state index in [1.807, 2.05) is 0 Å². The molecule has 1 atom stereocenters. The van der Waals surface area contributed by atoms with Crippen LogP contribution in [0.15, 0.2) is 0 Å². The van der Waals surface area contributed by atoms with Crippen molar-refractivity contribution in [1.82, 2.24) is 0 Å². The van der Waals surface area contributed by atoms with Crippen molar-refractivity contribution in [2.75, 3.05) is 0 Å². The zero-order valence-electron chi connectivity index (χ0n) is 9.41. The average molecular weight is 278 g/mol. The standard InChI is InChI=1S/C8H13F3O5S/c1-5(2)4-7(3,6(12)13)16-17(14,15)8(9,10)11/h5H,4H2,1-3H3,(H,12,13)/t7-/m1/s1. The van der Waals surface area contributed by atoms with Crippen LogP contribution < -0.4 is 0 Å². The van der Waals surface area contributed by atoms with E-state index in [9.17, 15) is 26.4 Å². The van der Waals surface area contributed by atoms with E-state index < -0.39 is 27.2 Å². The molecular weight excluding hydrogens is 265 g/mol. The number of carboxylic acids is 1. The smallest absolute Gasteiger partial charge is 0.479 e. The van der Waals surface area contributed by atoms with Crippen LogP contribution in [0.5, 0.6) is 0 Å². The molecule has 0 unspecified atom stereocenters. The molecule has 0 aromatic heterocycles. The molecular formula is C8H13F3O5S. The van der Waals surface area contributed by atoms with Gasteiger partial charge in [0.05, 0.1) is 0 Å². The summed E-state index contributed by atoms with van der Waals surface area (Å²) in [6.45, 7) is 3.86. The van der Waals surface area contributed by atoms with Crippen molar-refractivity contribution in [2.24, 2.45) is 5.92 Å². The van der Waals surface area contributed by atoms with Gasteiger partial charge in [-0.15, -0.1) is 0 Å². The molecule has 0 aromatic carbocycles. The number of hydrogen-bond donors (Lipinski definition) is 1. The van der Waals surface area contributed by atoms with Gasteiger partial charge in [0.15, 0.2) is 5.60 Å². The summed E-state index contributed by atoms with van der Waals surface area (Å²) in [6.07, 6.45) is -0.363. The van der Waals surface area contributed by atoms with Gasteiger partial charge in [0.25, 0.3) is 0 Å². The predicted molar refractivity (Wildman–Crippen MR) is 51.6 cm³/mol. The maximum absolute atomic E-state index is 12.1. The van der Waals surface area contributed by atoms with E-state index in [0.29, 0.717) is 0 Å². The molecule has 1 N–H and O–H groups in total. The Morgan fingerprint density at radius 3 is 2.00 bits per heavy atom. The van der Waals surface area contributed by atoms with Crippen LogP contribution in [0.2, 0.25) is 0 Å². The second kappa shape index (κ2) is 4.81. The lowest BCUT2D eigenvalue weighted by molar-refractivity contribution is -0.156. The largest absolute Gasteiger partial charge is 0.523 e. The van der Waals surface area contributed by atoms with Gasteiger partial charge < -0.3 is 5.11 Å². The molecule has 0 heterocycles. The van der Waals surface area contributed by atoms with Crippen molar-refractivity contribution in [3.8, 4) is 0 Å². The minimum absolute atomic E-state index is 0.348. The van der Waals surface area contributed by atoms with Gasteiger partial charge in [-0.2, -0.15) is 21.6 Å². The molecule has 0 saturated heterocycles. The highest BCUT2D eigenvalue weighted by Crippen LogP contribution is 2.31. The zero-order valence-corrected chi connectivity index (χ0v) is 10.2. The number of hydrogen-bond acceptors (Lipinski definition) is 4. The summed E-state index contributed by atoms with van der Waals surface area (Å²) in [6, 6.07) is 0. The molecule has 0 aliphatic heterocycles. The molecule has 0 bridgehead atoms. The van der Waals surface area contributed by atoms with E-state index >= 15 is 0 Å². The van der Waals surface area contributed by atoms with E-state index in [1.165, 1.54) is 13.8 Å². The maximum atomic E-state index is 12.1. The Hall–Kier alpha value is -0.830. The molecule has 17 heavy (non-hydrogen) atoms. The van der Waals surface area contributed by atoms with Gasteiger partial charge in [0.1, 0.15) is 0 Å². The molecule has 0 radical (unpaired) electrons. The van der Waals surface area contributed by atoms with Gasteiger partial charge in [0, 0.05) is 0 Å². The van der Waals surface area contributed by atoms with Crippen LogP contribution in [0.25, 0.3) is 0 Å². The lowest BCUT2D eigenvalue weighted by Crippen LogP contribution is -2.44. The molecule has 0 aliphatic carbocycles. The third-order valence-corrected chi connectivity index (χ3v) is 2.98. The lowest BCUT2D eigenvalue weighted by atomic mass is 9.95. The van der Waals surface area contributed by atoms with Crippen molar-refractivity contribution in [3.05, 3.63) is 0 Å². The Morgan fingerprint density at radius 1 is 1.35 bits per heavy atom. The fourth-order valence-electron chi connectivity index (χ4n) is 1.23. The normalized spacial score (nSPS) is 16.9. The molecule has 0 saturated carbocycles. The second-order valence-electron chi connectivity index (χ2n) is 4.12. The first-order valence-electron chi connectivity index (χ1n) is 4.57. The molecule has 0 aromatic rings. The Bertz CT molecular complexity index is 386. The predicted octanol–water partition coefficient (Wildman–Crippen LogP) is 1.74. The Morgan fingerprint density at radius 2 is 1.76 bits per heavy atom. The number of rotatable bonds is 5. The Labute approximate surface area is 96.7 Å². The quantitative estimate of drug-likeness (QED) is 0.612. The lowest BCUT2D eigenvalue weighted by Gasteiger charge is -2.26. The fourth-order valence-corrected chi connectivity index (χ4v) is 1.94. The topological polar surface area (TPSA) is 80.7 Å². The van der Waals surface area contributed by atoms with Crippen molar-refractivity contribution in [1.29, 1.82) is 0 Å². The highest BCUT2D eigenvalue weighted by Gasteiger charge is 2.53. The minimum Gasteiger partial charge on any atom is -0.479 e. The van der Waals surface area contributed by atoms with Crippen molar-refractivity contribution >= 4 is 16.1 Å². The van der Waals surface area contributed by atoms with Crippen LogP contribution in [-0.2, 0) is 19.1 Å². The van der Waals surface area contributed by atoms with Crippen molar-refractivity contribution in [3.63, 3.8) is 0 Å².